The molecule has 594 valence electrons. The number of carbonyl (C=O) groups excluding carboxylic acids is 4. The standard InChI is InChI=1S/C81H158O17P2/c1-6-9-12-15-18-21-24-27-30-32-34-37-40-43-46-51-57-62-67-80(85)97-76(70-91-78(83)64-59-54-49-44-41-38-36-33-31-28-25-22-19-16-13-10-7-2)72-95-99(87,88)93-68-75(82)69-94-100(89,90)96-73-77(71-92-79(84)65-60-55-52-47-48-53-58-63-74(4)5)98-81(86)66-61-56-50-45-42-39-35-29-26-23-20-17-14-11-8-3/h74-77,82H,6-73H2,1-5H3,(H,87,88)(H,89,90)/t75-,76-,77-/m1/s1. The van der Waals surface area contributed by atoms with E-state index in [-0.39, 0.29) is 25.7 Å². The molecule has 0 aliphatic carbocycles. The summed E-state index contributed by atoms with van der Waals surface area (Å²) in [6, 6.07) is 0. The van der Waals surface area contributed by atoms with Crippen molar-refractivity contribution in [1.82, 2.24) is 0 Å². The number of unbranched alkanes of at least 4 members (excludes halogenated alkanes) is 53. The van der Waals surface area contributed by atoms with Crippen LogP contribution >= 0.6 is 15.6 Å². The Morgan fingerprint density at radius 1 is 0.270 bits per heavy atom. The van der Waals surface area contributed by atoms with Gasteiger partial charge in [-0.2, -0.15) is 0 Å². The van der Waals surface area contributed by atoms with Crippen molar-refractivity contribution in [1.29, 1.82) is 0 Å². The van der Waals surface area contributed by atoms with Crippen LogP contribution < -0.4 is 0 Å². The van der Waals surface area contributed by atoms with Gasteiger partial charge in [0.1, 0.15) is 19.3 Å². The first-order chi connectivity index (χ1) is 48.5. The summed E-state index contributed by atoms with van der Waals surface area (Å²) in [6.45, 7) is 7.28. The molecule has 0 saturated carbocycles. The minimum Gasteiger partial charge on any atom is -0.462 e. The van der Waals surface area contributed by atoms with Gasteiger partial charge in [-0.3, -0.25) is 37.3 Å². The van der Waals surface area contributed by atoms with Gasteiger partial charge in [0.25, 0.3) is 0 Å². The van der Waals surface area contributed by atoms with Gasteiger partial charge in [0.2, 0.25) is 0 Å². The Hall–Kier alpha value is -1.94. The van der Waals surface area contributed by atoms with E-state index in [1.165, 1.54) is 250 Å². The predicted molar refractivity (Wildman–Crippen MR) is 409 cm³/mol. The van der Waals surface area contributed by atoms with Gasteiger partial charge in [-0.15, -0.1) is 0 Å². The van der Waals surface area contributed by atoms with Crippen LogP contribution in [0.3, 0.4) is 0 Å². The highest BCUT2D eigenvalue weighted by atomic mass is 31.2. The van der Waals surface area contributed by atoms with Crippen LogP contribution in [0.5, 0.6) is 0 Å². The van der Waals surface area contributed by atoms with Crippen LogP contribution in [0.15, 0.2) is 0 Å². The minimum atomic E-state index is -4.96. The third-order valence-corrected chi connectivity index (χ3v) is 20.9. The van der Waals surface area contributed by atoms with Crippen molar-refractivity contribution in [3.05, 3.63) is 0 Å². The van der Waals surface area contributed by atoms with E-state index in [0.717, 1.165) is 96.3 Å². The van der Waals surface area contributed by atoms with Gasteiger partial charge in [-0.05, 0) is 31.6 Å². The quantitative estimate of drug-likeness (QED) is 0.0222. The van der Waals surface area contributed by atoms with E-state index < -0.39 is 97.5 Å². The molecule has 0 radical (unpaired) electrons. The van der Waals surface area contributed by atoms with Crippen LogP contribution in [-0.4, -0.2) is 96.7 Å². The third-order valence-electron chi connectivity index (χ3n) is 19.0. The van der Waals surface area contributed by atoms with Crippen molar-refractivity contribution >= 4 is 39.5 Å². The lowest BCUT2D eigenvalue weighted by Crippen LogP contribution is -2.30. The zero-order valence-electron chi connectivity index (χ0n) is 65.3. The number of hydrogen-bond donors (Lipinski definition) is 3. The Balaban J connectivity index is 5.24. The maximum Gasteiger partial charge on any atom is 0.472 e. The second kappa shape index (κ2) is 73.9. The van der Waals surface area contributed by atoms with E-state index in [1.54, 1.807) is 0 Å². The second-order valence-electron chi connectivity index (χ2n) is 29.6. The predicted octanol–water partition coefficient (Wildman–Crippen LogP) is 24.4. The number of carbonyl (C=O) groups is 4. The molecule has 2 unspecified atom stereocenters. The lowest BCUT2D eigenvalue weighted by molar-refractivity contribution is -0.161. The van der Waals surface area contributed by atoms with Gasteiger partial charge in [-0.25, -0.2) is 9.13 Å². The molecular weight excluding hydrogens is 1310 g/mol. The monoisotopic (exact) mass is 1470 g/mol. The molecule has 100 heavy (non-hydrogen) atoms. The topological polar surface area (TPSA) is 237 Å². The SMILES string of the molecule is CCCCCCCCCCCCCCCCCCCCC(=O)O[C@H](COC(=O)CCCCCCCCCCCCCCCCCCC)COP(=O)(O)OC[C@@H](O)COP(=O)(O)OC[C@@H](COC(=O)CCCCCCCCCC(C)C)OC(=O)CCCCCCCCCCCCCCCCC. The lowest BCUT2D eigenvalue weighted by Gasteiger charge is -2.21. The molecule has 0 aliphatic heterocycles. The number of hydrogen-bond acceptors (Lipinski definition) is 15. The van der Waals surface area contributed by atoms with Crippen molar-refractivity contribution < 1.29 is 80.2 Å². The average Bonchev–Trinajstić information content (AvgIpc) is 0.915. The van der Waals surface area contributed by atoms with Crippen LogP contribution in [0.25, 0.3) is 0 Å². The molecule has 0 bridgehead atoms. The molecule has 0 aromatic carbocycles. The first kappa shape index (κ1) is 98.1. The molecule has 3 N–H and O–H groups in total. The summed E-state index contributed by atoms with van der Waals surface area (Å²) >= 11 is 0. The van der Waals surface area contributed by atoms with Crippen molar-refractivity contribution in [2.75, 3.05) is 39.6 Å². The Labute approximate surface area is 613 Å². The first-order valence-electron chi connectivity index (χ1n) is 42.1. The van der Waals surface area contributed by atoms with Crippen LogP contribution in [0, 0.1) is 5.92 Å². The van der Waals surface area contributed by atoms with E-state index in [4.69, 9.17) is 37.0 Å². The van der Waals surface area contributed by atoms with E-state index in [1.807, 2.05) is 0 Å². The number of aliphatic hydroxyl groups excluding tert-OH is 1. The van der Waals surface area contributed by atoms with Gasteiger partial charge in [0.05, 0.1) is 26.4 Å². The highest BCUT2D eigenvalue weighted by Crippen LogP contribution is 2.45. The molecule has 5 atom stereocenters. The Kier molecular flexibility index (Phi) is 72.5. The van der Waals surface area contributed by atoms with Gasteiger partial charge in [0.15, 0.2) is 12.2 Å². The van der Waals surface area contributed by atoms with Crippen molar-refractivity contribution in [2.45, 2.75) is 451 Å². The normalized spacial score (nSPS) is 13.8. The smallest absolute Gasteiger partial charge is 0.462 e. The molecule has 0 amide bonds. The molecule has 0 rings (SSSR count). The number of ether oxygens (including phenoxy) is 4. The zero-order valence-corrected chi connectivity index (χ0v) is 67.1. The summed E-state index contributed by atoms with van der Waals surface area (Å²) in [5.74, 6) is -1.40. The molecule has 0 aliphatic rings. The molecule has 0 aromatic heterocycles. The van der Waals surface area contributed by atoms with Crippen molar-refractivity contribution in [2.24, 2.45) is 5.92 Å². The summed E-state index contributed by atoms with van der Waals surface area (Å²) in [6.07, 6.45) is 65.3. The van der Waals surface area contributed by atoms with E-state index in [2.05, 4.69) is 34.6 Å². The van der Waals surface area contributed by atoms with Crippen molar-refractivity contribution in [3.8, 4) is 0 Å². The summed E-state index contributed by atoms with van der Waals surface area (Å²) in [5.41, 5.74) is 0. The molecule has 19 heteroatoms. The fraction of sp³-hybridized carbons (Fsp3) is 0.951. The number of rotatable bonds is 81. The Bertz CT molecular complexity index is 1910. The van der Waals surface area contributed by atoms with Crippen LogP contribution in [-0.2, 0) is 65.4 Å². The maximum absolute atomic E-state index is 13.1. The first-order valence-corrected chi connectivity index (χ1v) is 45.1. The van der Waals surface area contributed by atoms with Gasteiger partial charge in [-0.1, -0.05) is 381 Å². The van der Waals surface area contributed by atoms with Gasteiger partial charge >= 0.3 is 39.5 Å². The Morgan fingerprint density at radius 3 is 0.680 bits per heavy atom. The molecule has 0 heterocycles. The van der Waals surface area contributed by atoms with Crippen LogP contribution in [0.1, 0.15) is 433 Å². The highest BCUT2D eigenvalue weighted by Gasteiger charge is 2.30. The molecule has 0 saturated heterocycles. The van der Waals surface area contributed by atoms with Crippen LogP contribution in [0.2, 0.25) is 0 Å². The summed E-state index contributed by atoms with van der Waals surface area (Å²) < 4.78 is 68.7. The molecule has 0 fully saturated rings. The van der Waals surface area contributed by atoms with E-state index in [9.17, 15) is 43.2 Å². The summed E-state index contributed by atoms with van der Waals surface area (Å²) in [4.78, 5) is 73.0. The summed E-state index contributed by atoms with van der Waals surface area (Å²) in [7, 11) is -9.92. The van der Waals surface area contributed by atoms with Crippen LogP contribution in [0.4, 0.5) is 0 Å². The van der Waals surface area contributed by atoms with E-state index >= 15 is 0 Å². The number of aliphatic hydroxyl groups is 1. The van der Waals surface area contributed by atoms with Gasteiger partial charge in [0, 0.05) is 25.7 Å². The summed E-state index contributed by atoms with van der Waals surface area (Å²) in [5, 5.41) is 10.6. The molecule has 0 spiro atoms. The maximum atomic E-state index is 13.1. The van der Waals surface area contributed by atoms with E-state index in [0.29, 0.717) is 31.6 Å². The van der Waals surface area contributed by atoms with Gasteiger partial charge < -0.3 is 33.8 Å². The Morgan fingerprint density at radius 2 is 0.460 bits per heavy atom. The second-order valence-corrected chi connectivity index (χ2v) is 32.5. The number of phosphoric ester groups is 2. The zero-order chi connectivity index (χ0) is 73.4. The highest BCUT2D eigenvalue weighted by molar-refractivity contribution is 7.47. The number of esters is 4. The fourth-order valence-corrected chi connectivity index (χ4v) is 14.2. The average molecular weight is 1470 g/mol. The third kappa shape index (κ3) is 74.3. The lowest BCUT2D eigenvalue weighted by atomic mass is 10.0. The number of phosphoric acid groups is 2. The molecular formula is C81H158O17P2. The molecule has 0 aromatic rings. The van der Waals surface area contributed by atoms with Crippen molar-refractivity contribution in [3.63, 3.8) is 0 Å². The fourth-order valence-electron chi connectivity index (χ4n) is 12.6. The largest absolute Gasteiger partial charge is 0.472 e. The minimum absolute atomic E-state index is 0.108. The molecule has 17 nitrogen and oxygen atoms in total.